The van der Waals surface area contributed by atoms with Gasteiger partial charge in [0.15, 0.2) is 5.13 Å². The Labute approximate surface area is 205 Å². The molecule has 0 unspecified atom stereocenters. The lowest BCUT2D eigenvalue weighted by atomic mass is 10.2. The normalized spacial score (nSPS) is 14.3. The number of rotatable bonds is 11. The van der Waals surface area contributed by atoms with Gasteiger partial charge in [0.25, 0.3) is 5.91 Å². The van der Waals surface area contributed by atoms with Crippen molar-refractivity contribution in [2.45, 2.75) is 26.7 Å². The Hall–Kier alpha value is -2.68. The van der Waals surface area contributed by atoms with Gasteiger partial charge in [-0.05, 0) is 49.7 Å². The smallest absolute Gasteiger partial charge is 0.260 e. The van der Waals surface area contributed by atoms with Gasteiger partial charge in [-0.25, -0.2) is 4.98 Å². The quantitative estimate of drug-likeness (QED) is 0.363. The van der Waals surface area contributed by atoms with E-state index < -0.39 is 0 Å². The summed E-state index contributed by atoms with van der Waals surface area (Å²) in [6.45, 7) is 9.87. The first kappa shape index (κ1) is 24.4. The van der Waals surface area contributed by atoms with Crippen LogP contribution < -0.4 is 14.4 Å². The second-order valence-corrected chi connectivity index (χ2v) is 9.18. The van der Waals surface area contributed by atoms with Crippen molar-refractivity contribution in [3.8, 4) is 11.5 Å². The number of hydrogen-bond acceptors (Lipinski definition) is 7. The van der Waals surface area contributed by atoms with E-state index in [4.69, 9.17) is 19.2 Å². The molecule has 34 heavy (non-hydrogen) atoms. The Kier molecular flexibility index (Phi) is 8.73. The summed E-state index contributed by atoms with van der Waals surface area (Å²) in [5, 5.41) is 0.684. The SMILES string of the molecule is CCCCOc1ccc(C(=O)N(CCN2CCOCC2)c2nc3c(OCC)cccc3s2)cc1. The largest absolute Gasteiger partial charge is 0.494 e. The monoisotopic (exact) mass is 483 g/mol. The van der Waals surface area contributed by atoms with E-state index in [9.17, 15) is 4.79 Å². The molecule has 0 radical (unpaired) electrons. The number of ether oxygens (including phenoxy) is 3. The minimum Gasteiger partial charge on any atom is -0.494 e. The zero-order valence-electron chi connectivity index (χ0n) is 20.0. The summed E-state index contributed by atoms with van der Waals surface area (Å²) in [6, 6.07) is 13.3. The Morgan fingerprint density at radius 3 is 2.65 bits per heavy atom. The third-order valence-electron chi connectivity index (χ3n) is 5.76. The summed E-state index contributed by atoms with van der Waals surface area (Å²) in [7, 11) is 0. The highest BCUT2D eigenvalue weighted by atomic mass is 32.1. The first-order chi connectivity index (χ1) is 16.7. The molecule has 0 saturated carbocycles. The van der Waals surface area contributed by atoms with Gasteiger partial charge in [-0.3, -0.25) is 14.6 Å². The summed E-state index contributed by atoms with van der Waals surface area (Å²) >= 11 is 1.52. The van der Waals surface area contributed by atoms with Crippen molar-refractivity contribution >= 4 is 32.6 Å². The van der Waals surface area contributed by atoms with Crippen LogP contribution in [0, 0.1) is 0 Å². The Bertz CT molecular complexity index is 1060. The average Bonchev–Trinajstić information content (AvgIpc) is 3.30. The Morgan fingerprint density at radius 1 is 1.12 bits per heavy atom. The van der Waals surface area contributed by atoms with Gasteiger partial charge in [0.2, 0.25) is 0 Å². The Balaban J connectivity index is 1.58. The fourth-order valence-electron chi connectivity index (χ4n) is 3.83. The lowest BCUT2D eigenvalue weighted by Crippen LogP contribution is -2.43. The highest BCUT2D eigenvalue weighted by Crippen LogP contribution is 2.35. The van der Waals surface area contributed by atoms with Gasteiger partial charge in [0.05, 0.1) is 31.1 Å². The molecule has 1 fully saturated rings. The van der Waals surface area contributed by atoms with Crippen LogP contribution in [0.25, 0.3) is 10.2 Å². The molecular weight excluding hydrogens is 450 g/mol. The van der Waals surface area contributed by atoms with Crippen molar-refractivity contribution in [1.29, 1.82) is 0 Å². The lowest BCUT2D eigenvalue weighted by Gasteiger charge is -2.29. The number of para-hydroxylation sites is 1. The third-order valence-corrected chi connectivity index (χ3v) is 6.80. The second-order valence-electron chi connectivity index (χ2n) is 8.17. The first-order valence-electron chi connectivity index (χ1n) is 12.1. The number of thiazole rings is 1. The van der Waals surface area contributed by atoms with Crippen LogP contribution in [0.15, 0.2) is 42.5 Å². The van der Waals surface area contributed by atoms with Crippen molar-refractivity contribution in [2.75, 3.05) is 57.5 Å². The number of amides is 1. The summed E-state index contributed by atoms with van der Waals surface area (Å²) in [4.78, 5) is 22.6. The summed E-state index contributed by atoms with van der Waals surface area (Å²) < 4.78 is 18.0. The molecular formula is C26H33N3O4S. The predicted molar refractivity (Wildman–Crippen MR) is 137 cm³/mol. The summed E-state index contributed by atoms with van der Waals surface area (Å²) in [5.41, 5.74) is 1.42. The summed E-state index contributed by atoms with van der Waals surface area (Å²) in [5.74, 6) is 1.47. The van der Waals surface area contributed by atoms with Gasteiger partial charge in [-0.1, -0.05) is 30.7 Å². The van der Waals surface area contributed by atoms with E-state index in [-0.39, 0.29) is 5.91 Å². The molecule has 3 aromatic rings. The number of aromatic nitrogens is 1. The second kappa shape index (κ2) is 12.1. The predicted octanol–water partition coefficient (Wildman–Crippen LogP) is 4.85. The number of carbonyl (C=O) groups excluding carboxylic acids is 1. The van der Waals surface area contributed by atoms with Crippen molar-refractivity contribution < 1.29 is 19.0 Å². The van der Waals surface area contributed by atoms with E-state index >= 15 is 0 Å². The minimum atomic E-state index is -0.0645. The fourth-order valence-corrected chi connectivity index (χ4v) is 4.84. The molecule has 1 aliphatic rings. The van der Waals surface area contributed by atoms with Crippen molar-refractivity contribution in [1.82, 2.24) is 9.88 Å². The first-order valence-corrected chi connectivity index (χ1v) is 12.9. The van der Waals surface area contributed by atoms with Gasteiger partial charge in [-0.15, -0.1) is 0 Å². The molecule has 2 aromatic carbocycles. The molecule has 1 saturated heterocycles. The van der Waals surface area contributed by atoms with Crippen LogP contribution in [0.1, 0.15) is 37.0 Å². The zero-order valence-corrected chi connectivity index (χ0v) is 20.8. The maximum Gasteiger partial charge on any atom is 0.260 e. The van der Waals surface area contributed by atoms with Crippen LogP contribution in [0.2, 0.25) is 0 Å². The van der Waals surface area contributed by atoms with Crippen molar-refractivity contribution in [3.05, 3.63) is 48.0 Å². The van der Waals surface area contributed by atoms with Crippen LogP contribution in [0.4, 0.5) is 5.13 Å². The van der Waals surface area contributed by atoms with E-state index in [1.54, 1.807) is 4.90 Å². The highest BCUT2D eigenvalue weighted by molar-refractivity contribution is 7.22. The standard InChI is InChI=1S/C26H33N3O4S/c1-3-5-17-33-21-11-9-20(10-12-21)25(30)29(14-13-28-15-18-31-19-16-28)26-27-24-22(32-4-2)7-6-8-23(24)34-26/h6-12H,3-5,13-19H2,1-2H3. The van der Waals surface area contributed by atoms with Crippen molar-refractivity contribution in [2.24, 2.45) is 0 Å². The van der Waals surface area contributed by atoms with E-state index in [2.05, 4.69) is 11.8 Å². The number of anilines is 1. The van der Waals surface area contributed by atoms with Crippen LogP contribution in [-0.2, 0) is 4.74 Å². The van der Waals surface area contributed by atoms with Gasteiger partial charge < -0.3 is 14.2 Å². The third kappa shape index (κ3) is 6.05. The van der Waals surface area contributed by atoms with E-state index in [0.717, 1.165) is 67.4 Å². The molecule has 0 bridgehead atoms. The van der Waals surface area contributed by atoms with E-state index in [1.165, 1.54) is 11.3 Å². The van der Waals surface area contributed by atoms with Crippen LogP contribution in [-0.4, -0.2) is 68.4 Å². The van der Waals surface area contributed by atoms with Gasteiger partial charge in [-0.2, -0.15) is 0 Å². The van der Waals surface area contributed by atoms with E-state index in [0.29, 0.717) is 30.5 Å². The molecule has 0 N–H and O–H groups in total. The van der Waals surface area contributed by atoms with E-state index in [1.807, 2.05) is 49.4 Å². The topological polar surface area (TPSA) is 64.1 Å². The van der Waals surface area contributed by atoms with Crippen LogP contribution >= 0.6 is 11.3 Å². The summed E-state index contributed by atoms with van der Waals surface area (Å²) in [6.07, 6.45) is 2.10. The number of hydrogen-bond donors (Lipinski definition) is 0. The molecule has 8 heteroatoms. The zero-order chi connectivity index (χ0) is 23.8. The van der Waals surface area contributed by atoms with Gasteiger partial charge >= 0.3 is 0 Å². The molecule has 4 rings (SSSR count). The molecule has 1 amide bonds. The Morgan fingerprint density at radius 2 is 1.91 bits per heavy atom. The molecule has 1 aliphatic heterocycles. The minimum absolute atomic E-state index is 0.0645. The molecule has 0 aliphatic carbocycles. The van der Waals surface area contributed by atoms with Crippen LogP contribution in [0.3, 0.4) is 0 Å². The molecule has 182 valence electrons. The number of morpholine rings is 1. The maximum atomic E-state index is 13.7. The number of carbonyl (C=O) groups is 1. The molecule has 2 heterocycles. The number of nitrogens with zero attached hydrogens (tertiary/aromatic N) is 3. The molecule has 7 nitrogen and oxygen atoms in total. The van der Waals surface area contributed by atoms with Gasteiger partial charge in [0.1, 0.15) is 17.0 Å². The highest BCUT2D eigenvalue weighted by Gasteiger charge is 2.23. The molecule has 0 atom stereocenters. The molecule has 1 aromatic heterocycles. The van der Waals surface area contributed by atoms with Crippen molar-refractivity contribution in [3.63, 3.8) is 0 Å². The maximum absolute atomic E-state index is 13.7. The lowest BCUT2D eigenvalue weighted by molar-refractivity contribution is 0.0391. The average molecular weight is 484 g/mol. The number of fused-ring (bicyclic) bond motifs is 1. The number of unbranched alkanes of at least 4 members (excludes halogenated alkanes) is 1. The van der Waals surface area contributed by atoms with Crippen LogP contribution in [0.5, 0.6) is 11.5 Å². The molecule has 0 spiro atoms. The van der Waals surface area contributed by atoms with Gasteiger partial charge in [0, 0.05) is 31.7 Å². The fraction of sp³-hybridized carbons (Fsp3) is 0.462. The number of benzene rings is 2.